The summed E-state index contributed by atoms with van der Waals surface area (Å²) in [5, 5.41) is 13.9. The van der Waals surface area contributed by atoms with Crippen LogP contribution in [-0.4, -0.2) is 37.2 Å². The summed E-state index contributed by atoms with van der Waals surface area (Å²) in [6.07, 6.45) is 2.03. The Morgan fingerprint density at radius 1 is 1.13 bits per heavy atom. The van der Waals surface area contributed by atoms with Crippen LogP contribution >= 0.6 is 0 Å². The number of amides is 1. The topological polar surface area (TPSA) is 105 Å². The minimum atomic E-state index is -1.33. The standard InChI is InChI=1S/C16H15NO6/c1-22-16(21)8-4-2-3-5-9(8)17-14(18)12-10-6-7-11(23-10)13(12)15(19)20/h2-7,10-13H,1H3,(H,17,18)(H,19,20)/p-1/t10-,11+,12+,13-/m0/s1. The average molecular weight is 316 g/mol. The van der Waals surface area contributed by atoms with Crippen LogP contribution in [0.2, 0.25) is 0 Å². The number of methoxy groups -OCH3 is 1. The summed E-state index contributed by atoms with van der Waals surface area (Å²) in [5.41, 5.74) is 0.446. The quantitative estimate of drug-likeness (QED) is 0.606. The number of anilines is 1. The number of carboxylic acids is 1. The van der Waals surface area contributed by atoms with E-state index in [0.717, 1.165) is 0 Å². The third kappa shape index (κ3) is 2.59. The first-order chi connectivity index (χ1) is 11.0. The highest BCUT2D eigenvalue weighted by atomic mass is 16.5. The molecule has 2 aliphatic heterocycles. The lowest BCUT2D eigenvalue weighted by Crippen LogP contribution is -2.45. The van der Waals surface area contributed by atoms with Crippen LogP contribution in [0.5, 0.6) is 0 Å². The van der Waals surface area contributed by atoms with Gasteiger partial charge in [0.15, 0.2) is 0 Å². The summed E-state index contributed by atoms with van der Waals surface area (Å²) >= 11 is 0. The molecule has 1 N–H and O–H groups in total. The van der Waals surface area contributed by atoms with E-state index in [1.165, 1.54) is 13.2 Å². The number of carbonyl (C=O) groups is 3. The summed E-state index contributed by atoms with van der Waals surface area (Å²) in [6, 6.07) is 6.34. The molecule has 7 heteroatoms. The first kappa shape index (κ1) is 15.2. The van der Waals surface area contributed by atoms with Crippen molar-refractivity contribution >= 4 is 23.5 Å². The number of esters is 1. The Hall–Kier alpha value is -2.67. The number of hydrogen-bond donors (Lipinski definition) is 1. The lowest BCUT2D eigenvalue weighted by molar-refractivity contribution is -0.313. The Kier molecular flexibility index (Phi) is 3.87. The first-order valence-electron chi connectivity index (χ1n) is 7.05. The third-order valence-electron chi connectivity index (χ3n) is 4.06. The van der Waals surface area contributed by atoms with Crippen molar-refractivity contribution in [1.29, 1.82) is 0 Å². The Balaban J connectivity index is 1.84. The van der Waals surface area contributed by atoms with Gasteiger partial charge in [0, 0.05) is 11.9 Å². The molecule has 1 fully saturated rings. The third-order valence-corrected chi connectivity index (χ3v) is 4.06. The maximum absolute atomic E-state index is 12.5. The predicted molar refractivity (Wildman–Crippen MR) is 76.2 cm³/mol. The normalized spacial score (nSPS) is 27.7. The zero-order valence-corrected chi connectivity index (χ0v) is 12.2. The summed E-state index contributed by atoms with van der Waals surface area (Å²) < 4.78 is 10.1. The molecular weight excluding hydrogens is 302 g/mol. The monoisotopic (exact) mass is 316 g/mol. The van der Waals surface area contributed by atoms with Gasteiger partial charge in [-0.3, -0.25) is 4.79 Å². The van der Waals surface area contributed by atoms with Gasteiger partial charge in [0.2, 0.25) is 5.91 Å². The number of benzene rings is 1. The van der Waals surface area contributed by atoms with Crippen molar-refractivity contribution in [3.8, 4) is 0 Å². The molecule has 0 radical (unpaired) electrons. The van der Waals surface area contributed by atoms with E-state index >= 15 is 0 Å². The molecule has 3 rings (SSSR count). The van der Waals surface area contributed by atoms with Crippen molar-refractivity contribution in [3.63, 3.8) is 0 Å². The zero-order chi connectivity index (χ0) is 16.6. The minimum absolute atomic E-state index is 0.188. The number of para-hydroxylation sites is 1. The molecule has 2 aliphatic rings. The van der Waals surface area contributed by atoms with Gasteiger partial charge in [-0.25, -0.2) is 4.79 Å². The van der Waals surface area contributed by atoms with E-state index in [-0.39, 0.29) is 11.3 Å². The molecule has 120 valence electrons. The van der Waals surface area contributed by atoms with E-state index in [1.807, 2.05) is 0 Å². The Morgan fingerprint density at radius 2 is 1.78 bits per heavy atom. The molecule has 1 amide bonds. The highest BCUT2D eigenvalue weighted by Gasteiger charge is 2.50. The smallest absolute Gasteiger partial charge is 0.339 e. The fraction of sp³-hybridized carbons (Fsp3) is 0.312. The van der Waals surface area contributed by atoms with E-state index in [1.54, 1.807) is 30.4 Å². The molecule has 7 nitrogen and oxygen atoms in total. The summed E-state index contributed by atoms with van der Waals surface area (Å²) in [6.45, 7) is 0. The number of carboxylic acid groups (broad SMARTS) is 1. The van der Waals surface area contributed by atoms with E-state index in [0.29, 0.717) is 0 Å². The van der Waals surface area contributed by atoms with Crippen molar-refractivity contribution < 1.29 is 29.0 Å². The molecule has 1 aromatic carbocycles. The highest BCUT2D eigenvalue weighted by molar-refractivity contribution is 6.03. The molecule has 0 spiro atoms. The Bertz CT molecular complexity index is 698. The molecule has 0 aliphatic carbocycles. The number of fused-ring (bicyclic) bond motifs is 2. The highest BCUT2D eigenvalue weighted by Crippen LogP contribution is 2.39. The van der Waals surface area contributed by atoms with Crippen LogP contribution in [0.4, 0.5) is 5.69 Å². The lowest BCUT2D eigenvalue weighted by atomic mass is 9.82. The van der Waals surface area contributed by atoms with Crippen LogP contribution in [-0.2, 0) is 19.1 Å². The second-order valence-corrected chi connectivity index (χ2v) is 5.35. The molecule has 2 heterocycles. The summed E-state index contributed by atoms with van der Waals surface area (Å²) in [7, 11) is 1.24. The van der Waals surface area contributed by atoms with Gasteiger partial charge in [0.25, 0.3) is 0 Å². The average Bonchev–Trinajstić information content (AvgIpc) is 3.15. The van der Waals surface area contributed by atoms with E-state index in [2.05, 4.69) is 10.1 Å². The molecule has 0 unspecified atom stereocenters. The van der Waals surface area contributed by atoms with Crippen LogP contribution in [0.15, 0.2) is 36.4 Å². The van der Waals surface area contributed by atoms with Crippen LogP contribution in [0.1, 0.15) is 10.4 Å². The molecule has 1 aromatic rings. The van der Waals surface area contributed by atoms with Gasteiger partial charge >= 0.3 is 5.97 Å². The van der Waals surface area contributed by atoms with E-state index in [4.69, 9.17) is 4.74 Å². The number of ether oxygens (including phenoxy) is 2. The first-order valence-corrected chi connectivity index (χ1v) is 7.05. The van der Waals surface area contributed by atoms with Gasteiger partial charge < -0.3 is 24.7 Å². The minimum Gasteiger partial charge on any atom is -0.550 e. The van der Waals surface area contributed by atoms with Gasteiger partial charge in [-0.15, -0.1) is 0 Å². The number of rotatable bonds is 4. The van der Waals surface area contributed by atoms with Crippen LogP contribution in [0, 0.1) is 11.8 Å². The Labute approximate surface area is 131 Å². The van der Waals surface area contributed by atoms with Crippen molar-refractivity contribution in [1.82, 2.24) is 0 Å². The van der Waals surface area contributed by atoms with Gasteiger partial charge in [0.05, 0.1) is 36.5 Å². The largest absolute Gasteiger partial charge is 0.550 e. The lowest BCUT2D eigenvalue weighted by Gasteiger charge is -2.25. The van der Waals surface area contributed by atoms with Crippen molar-refractivity contribution in [3.05, 3.63) is 42.0 Å². The fourth-order valence-corrected chi connectivity index (χ4v) is 3.00. The number of nitrogens with one attached hydrogen (secondary N) is 1. The predicted octanol–water partition coefficient (Wildman–Crippen LogP) is -0.269. The van der Waals surface area contributed by atoms with E-state index in [9.17, 15) is 19.5 Å². The number of hydrogen-bond acceptors (Lipinski definition) is 6. The molecule has 4 atom stereocenters. The Morgan fingerprint density at radius 3 is 2.43 bits per heavy atom. The maximum Gasteiger partial charge on any atom is 0.339 e. The maximum atomic E-state index is 12.5. The fourth-order valence-electron chi connectivity index (χ4n) is 3.00. The molecule has 1 saturated heterocycles. The van der Waals surface area contributed by atoms with Crippen LogP contribution in [0.3, 0.4) is 0 Å². The zero-order valence-electron chi connectivity index (χ0n) is 12.2. The number of aliphatic carboxylic acids is 1. The molecule has 0 saturated carbocycles. The van der Waals surface area contributed by atoms with Gasteiger partial charge in [-0.1, -0.05) is 24.3 Å². The van der Waals surface area contributed by atoms with Gasteiger partial charge in [-0.05, 0) is 12.1 Å². The van der Waals surface area contributed by atoms with Gasteiger partial charge in [0.1, 0.15) is 0 Å². The van der Waals surface area contributed by atoms with Crippen LogP contribution < -0.4 is 10.4 Å². The number of carbonyl (C=O) groups excluding carboxylic acids is 3. The SMILES string of the molecule is COC(=O)c1ccccc1NC(=O)[C@H]1[C@@H](C(=O)[O-])[C@H]2C=C[C@@H]1O2. The second kappa shape index (κ2) is 5.85. The molecular formula is C16H14NO6-. The molecule has 0 aromatic heterocycles. The second-order valence-electron chi connectivity index (χ2n) is 5.35. The molecule has 2 bridgehead atoms. The van der Waals surface area contributed by atoms with Crippen molar-refractivity contribution in [2.75, 3.05) is 12.4 Å². The van der Waals surface area contributed by atoms with Crippen molar-refractivity contribution in [2.24, 2.45) is 11.8 Å². The van der Waals surface area contributed by atoms with Crippen molar-refractivity contribution in [2.45, 2.75) is 12.2 Å². The van der Waals surface area contributed by atoms with E-state index < -0.39 is 41.9 Å². The summed E-state index contributed by atoms with van der Waals surface area (Å²) in [5.74, 6) is -4.41. The van der Waals surface area contributed by atoms with Gasteiger partial charge in [-0.2, -0.15) is 0 Å². The van der Waals surface area contributed by atoms with Crippen LogP contribution in [0.25, 0.3) is 0 Å². The summed E-state index contributed by atoms with van der Waals surface area (Å²) in [4.78, 5) is 35.5. The molecule has 23 heavy (non-hydrogen) atoms.